The lowest BCUT2D eigenvalue weighted by Crippen LogP contribution is -2.00. The zero-order valence-electron chi connectivity index (χ0n) is 18.0. The molecule has 0 saturated carbocycles. The Balaban J connectivity index is 2.25. The third kappa shape index (κ3) is 13.4. The zero-order valence-corrected chi connectivity index (χ0v) is 18.9. The summed E-state index contributed by atoms with van der Waals surface area (Å²) in [6.45, 7) is 4.68. The van der Waals surface area contributed by atoms with Gasteiger partial charge in [-0.2, -0.15) is 0 Å². The van der Waals surface area contributed by atoms with Gasteiger partial charge in [0.1, 0.15) is 5.75 Å². The van der Waals surface area contributed by atoms with Gasteiger partial charge >= 0.3 is 7.82 Å². The number of aryl methyl sites for hydroxylation is 1. The van der Waals surface area contributed by atoms with E-state index in [-0.39, 0.29) is 6.61 Å². The van der Waals surface area contributed by atoms with Crippen LogP contribution in [0.15, 0.2) is 24.3 Å². The van der Waals surface area contributed by atoms with Gasteiger partial charge in [-0.15, -0.1) is 0 Å². The molecule has 0 aliphatic heterocycles. The largest absolute Gasteiger partial charge is 0.527 e. The predicted molar refractivity (Wildman–Crippen MR) is 118 cm³/mol. The molecular formula is C23H41O4P. The number of rotatable bonds is 18. The fraction of sp³-hybridized carbons (Fsp3) is 0.739. The molecule has 0 spiro atoms. The maximum absolute atomic E-state index is 12.1. The minimum Gasteiger partial charge on any atom is -0.404 e. The second kappa shape index (κ2) is 16.0. The van der Waals surface area contributed by atoms with Crippen molar-refractivity contribution in [3.8, 4) is 5.75 Å². The summed E-state index contributed by atoms with van der Waals surface area (Å²) in [5.41, 5.74) is 1.14. The first-order chi connectivity index (χ1) is 13.6. The van der Waals surface area contributed by atoms with Gasteiger partial charge in [0.2, 0.25) is 0 Å². The smallest absolute Gasteiger partial charge is 0.404 e. The quantitative estimate of drug-likeness (QED) is 0.197. The molecule has 0 aromatic heterocycles. The average Bonchev–Trinajstić information content (AvgIpc) is 2.66. The first kappa shape index (κ1) is 25.2. The third-order valence-electron chi connectivity index (χ3n) is 4.94. The van der Waals surface area contributed by atoms with Crippen molar-refractivity contribution in [2.24, 2.45) is 0 Å². The van der Waals surface area contributed by atoms with E-state index in [1.165, 1.54) is 57.8 Å². The van der Waals surface area contributed by atoms with Crippen LogP contribution < -0.4 is 4.52 Å². The summed E-state index contributed by atoms with van der Waals surface area (Å²) < 4.78 is 22.5. The number of hydrogen-bond acceptors (Lipinski definition) is 3. The molecule has 162 valence electrons. The van der Waals surface area contributed by atoms with Crippen LogP contribution in [-0.4, -0.2) is 11.5 Å². The lowest BCUT2D eigenvalue weighted by molar-refractivity contribution is 0.199. The topological polar surface area (TPSA) is 55.8 Å². The molecule has 0 fully saturated rings. The summed E-state index contributed by atoms with van der Waals surface area (Å²) in [6.07, 6.45) is 16.5. The van der Waals surface area contributed by atoms with Crippen LogP contribution in [0.4, 0.5) is 0 Å². The molecule has 1 atom stereocenters. The molecule has 0 radical (unpaired) electrons. The molecule has 28 heavy (non-hydrogen) atoms. The van der Waals surface area contributed by atoms with Crippen molar-refractivity contribution in [1.82, 2.24) is 0 Å². The molecule has 1 aromatic rings. The van der Waals surface area contributed by atoms with Gasteiger partial charge in [-0.05, 0) is 37.0 Å². The van der Waals surface area contributed by atoms with Gasteiger partial charge in [-0.1, -0.05) is 96.6 Å². The molecule has 0 aliphatic carbocycles. The van der Waals surface area contributed by atoms with Gasteiger partial charge in [0, 0.05) is 0 Å². The highest BCUT2D eigenvalue weighted by atomic mass is 31.2. The van der Waals surface area contributed by atoms with Crippen molar-refractivity contribution < 1.29 is 18.5 Å². The normalized spacial score (nSPS) is 13.4. The first-order valence-corrected chi connectivity index (χ1v) is 12.8. The lowest BCUT2D eigenvalue weighted by Gasteiger charge is -2.14. The van der Waals surface area contributed by atoms with Gasteiger partial charge in [0.25, 0.3) is 0 Å². The minimum atomic E-state index is -4.04. The SMILES string of the molecule is CCCCCCCCCc1cccc(OP(=O)(O)OCCCCCCCC)c1. The molecule has 0 heterocycles. The van der Waals surface area contributed by atoms with Gasteiger partial charge in [-0.25, -0.2) is 4.57 Å². The second-order valence-corrected chi connectivity index (χ2v) is 9.06. The number of hydrogen-bond donors (Lipinski definition) is 1. The lowest BCUT2D eigenvalue weighted by atomic mass is 10.0. The molecular weight excluding hydrogens is 371 g/mol. The van der Waals surface area contributed by atoms with E-state index in [1.54, 1.807) is 6.07 Å². The summed E-state index contributed by atoms with van der Waals surface area (Å²) in [5, 5.41) is 0. The molecule has 0 saturated heterocycles. The Bertz CT molecular complexity index is 547. The van der Waals surface area contributed by atoms with Crippen LogP contribution in [0.3, 0.4) is 0 Å². The monoisotopic (exact) mass is 412 g/mol. The zero-order chi connectivity index (χ0) is 20.5. The molecule has 0 bridgehead atoms. The Morgan fingerprint density at radius 2 is 1.39 bits per heavy atom. The van der Waals surface area contributed by atoms with Gasteiger partial charge in [0.05, 0.1) is 6.61 Å². The van der Waals surface area contributed by atoms with E-state index in [4.69, 9.17) is 9.05 Å². The van der Waals surface area contributed by atoms with Gasteiger partial charge in [0.15, 0.2) is 0 Å². The Kier molecular flexibility index (Phi) is 14.4. The van der Waals surface area contributed by atoms with Gasteiger partial charge in [-0.3, -0.25) is 9.42 Å². The summed E-state index contributed by atoms with van der Waals surface area (Å²) in [6, 6.07) is 7.49. The van der Waals surface area contributed by atoms with Gasteiger partial charge < -0.3 is 4.52 Å². The van der Waals surface area contributed by atoms with Crippen LogP contribution in [0, 0.1) is 0 Å². The standard InChI is InChI=1S/C23H41O4P/c1-3-5-7-9-11-12-14-17-22-18-16-19-23(21-22)27-28(24,25)26-20-15-13-10-8-6-4-2/h16,18-19,21H,3-15,17,20H2,1-2H3,(H,24,25). The molecule has 5 heteroatoms. The predicted octanol–water partition coefficient (Wildman–Crippen LogP) is 7.84. The van der Waals surface area contributed by atoms with Crippen molar-refractivity contribution in [3.63, 3.8) is 0 Å². The van der Waals surface area contributed by atoms with Crippen molar-refractivity contribution >= 4 is 7.82 Å². The van der Waals surface area contributed by atoms with E-state index in [0.29, 0.717) is 5.75 Å². The summed E-state index contributed by atoms with van der Waals surface area (Å²) in [7, 11) is -4.04. The number of phosphoric ester groups is 1. The Hall–Kier alpha value is -0.830. The maximum atomic E-state index is 12.1. The fourth-order valence-corrected chi connectivity index (χ4v) is 4.06. The second-order valence-electron chi connectivity index (χ2n) is 7.68. The van der Waals surface area contributed by atoms with E-state index < -0.39 is 7.82 Å². The highest BCUT2D eigenvalue weighted by molar-refractivity contribution is 7.47. The van der Waals surface area contributed by atoms with Crippen molar-refractivity contribution in [2.45, 2.75) is 104 Å². The molecule has 1 rings (SSSR count). The molecule has 0 aliphatic rings. The van der Waals surface area contributed by atoms with E-state index in [0.717, 1.165) is 37.7 Å². The van der Waals surface area contributed by atoms with E-state index >= 15 is 0 Å². The van der Waals surface area contributed by atoms with Crippen molar-refractivity contribution in [2.75, 3.05) is 6.61 Å². The first-order valence-electron chi connectivity index (χ1n) is 11.3. The average molecular weight is 413 g/mol. The highest BCUT2D eigenvalue weighted by Gasteiger charge is 2.22. The Morgan fingerprint density at radius 3 is 2.04 bits per heavy atom. The van der Waals surface area contributed by atoms with E-state index in [1.807, 2.05) is 18.2 Å². The summed E-state index contributed by atoms with van der Waals surface area (Å²) >= 11 is 0. The molecule has 1 unspecified atom stereocenters. The molecule has 0 amide bonds. The van der Waals surface area contributed by atoms with E-state index in [9.17, 15) is 9.46 Å². The van der Waals surface area contributed by atoms with Crippen LogP contribution in [-0.2, 0) is 15.5 Å². The Morgan fingerprint density at radius 1 is 0.821 bits per heavy atom. The molecule has 4 nitrogen and oxygen atoms in total. The minimum absolute atomic E-state index is 0.262. The summed E-state index contributed by atoms with van der Waals surface area (Å²) in [4.78, 5) is 9.93. The van der Waals surface area contributed by atoms with Crippen molar-refractivity contribution in [3.05, 3.63) is 29.8 Å². The molecule has 1 N–H and O–H groups in total. The summed E-state index contributed by atoms with van der Waals surface area (Å²) in [5.74, 6) is 0.411. The Labute approximate surface area is 172 Å². The number of unbranched alkanes of at least 4 members (excludes halogenated alkanes) is 11. The van der Waals surface area contributed by atoms with Crippen LogP contribution in [0.25, 0.3) is 0 Å². The third-order valence-corrected chi connectivity index (χ3v) is 5.89. The maximum Gasteiger partial charge on any atom is 0.527 e. The fourth-order valence-electron chi connectivity index (χ4n) is 3.27. The van der Waals surface area contributed by atoms with Crippen LogP contribution in [0.2, 0.25) is 0 Å². The molecule has 1 aromatic carbocycles. The van der Waals surface area contributed by atoms with Crippen LogP contribution in [0.1, 0.15) is 103 Å². The van der Waals surface area contributed by atoms with E-state index in [2.05, 4.69) is 13.8 Å². The number of benzene rings is 1. The number of phosphoric acid groups is 1. The highest BCUT2D eigenvalue weighted by Crippen LogP contribution is 2.44. The van der Waals surface area contributed by atoms with Crippen molar-refractivity contribution in [1.29, 1.82) is 0 Å². The van der Waals surface area contributed by atoms with Crippen LogP contribution in [0.5, 0.6) is 5.75 Å². The van der Waals surface area contributed by atoms with Crippen LogP contribution >= 0.6 is 7.82 Å².